The second-order valence-corrected chi connectivity index (χ2v) is 10.7. The molecule has 2 aliphatic rings. The maximum Gasteiger partial charge on any atom is 0.344 e. The van der Waals surface area contributed by atoms with Gasteiger partial charge in [0.15, 0.2) is 0 Å². The monoisotopic (exact) mass is 492 g/mol. The third-order valence-electron chi connectivity index (χ3n) is 6.85. The standard InChI is InChI=1S/C25H25ClN6OS/c1-16-12-31-15-27-11-18(31)13-32(16)24-19-9-10-30(14-21(19)28-25(29-24)34(2)33)22-8-4-6-17-5-3-7-20(26)23(17)22/h3-8,11,15-16H,9-10,12-14H2,1-2H3. The van der Waals surface area contributed by atoms with Crippen molar-refractivity contribution in [1.82, 2.24) is 19.5 Å². The van der Waals surface area contributed by atoms with Crippen LogP contribution in [0, 0.1) is 0 Å². The van der Waals surface area contributed by atoms with Crippen molar-refractivity contribution in [3.63, 3.8) is 0 Å². The number of fused-ring (bicyclic) bond motifs is 3. The van der Waals surface area contributed by atoms with Gasteiger partial charge < -0.3 is 18.9 Å². The van der Waals surface area contributed by atoms with E-state index in [1.54, 1.807) is 6.26 Å². The van der Waals surface area contributed by atoms with Gasteiger partial charge in [-0.3, -0.25) is 0 Å². The Morgan fingerprint density at radius 2 is 1.94 bits per heavy atom. The van der Waals surface area contributed by atoms with Gasteiger partial charge in [-0.05, 0) is 30.9 Å². The zero-order valence-corrected chi connectivity index (χ0v) is 20.7. The molecule has 4 heterocycles. The molecule has 0 spiro atoms. The Kier molecular flexibility index (Phi) is 5.39. The first-order valence-corrected chi connectivity index (χ1v) is 13.3. The van der Waals surface area contributed by atoms with E-state index in [9.17, 15) is 4.55 Å². The number of nitrogens with zero attached hydrogens (tertiary/aromatic N) is 6. The quantitative estimate of drug-likeness (QED) is 0.315. The molecule has 2 aromatic heterocycles. The summed E-state index contributed by atoms with van der Waals surface area (Å²) in [7, 11) is 0. The first-order valence-electron chi connectivity index (χ1n) is 11.4. The molecule has 4 aromatic rings. The van der Waals surface area contributed by atoms with E-state index in [0.29, 0.717) is 11.7 Å². The van der Waals surface area contributed by atoms with Gasteiger partial charge in [0.25, 0.3) is 0 Å². The van der Waals surface area contributed by atoms with E-state index in [4.69, 9.17) is 21.6 Å². The predicted octanol–water partition coefficient (Wildman–Crippen LogP) is 4.19. The number of rotatable bonds is 3. The molecule has 34 heavy (non-hydrogen) atoms. The summed E-state index contributed by atoms with van der Waals surface area (Å²) < 4.78 is 14.7. The minimum absolute atomic E-state index is 0.244. The largest absolute Gasteiger partial charge is 0.609 e. The van der Waals surface area contributed by atoms with Crippen LogP contribution in [-0.2, 0) is 37.2 Å². The van der Waals surface area contributed by atoms with Crippen LogP contribution in [0.3, 0.4) is 0 Å². The lowest BCUT2D eigenvalue weighted by molar-refractivity contribution is 0.466. The molecule has 0 saturated heterocycles. The Morgan fingerprint density at radius 3 is 2.76 bits per heavy atom. The average Bonchev–Trinajstić information content (AvgIpc) is 3.29. The molecule has 0 fully saturated rings. The number of hydrogen-bond donors (Lipinski definition) is 0. The van der Waals surface area contributed by atoms with Crippen LogP contribution in [-0.4, -0.2) is 42.9 Å². The topological polar surface area (TPSA) is 73.1 Å². The molecule has 0 saturated carbocycles. The summed E-state index contributed by atoms with van der Waals surface area (Å²) in [5, 5.41) is 3.31. The third kappa shape index (κ3) is 3.61. The number of benzene rings is 2. The SMILES string of the molecule is CC1Cn2cncc2CN1c1nc([S+](C)[O-])nc2c1CCN(c1cccc3cccc(Cl)c13)C2. The molecule has 7 nitrogen and oxygen atoms in total. The Hall–Kier alpha value is -2.81. The summed E-state index contributed by atoms with van der Waals surface area (Å²) >= 11 is 5.34. The fourth-order valence-corrected chi connectivity index (χ4v) is 5.87. The van der Waals surface area contributed by atoms with Gasteiger partial charge in [-0.15, -0.1) is 0 Å². The van der Waals surface area contributed by atoms with Crippen LogP contribution in [0.5, 0.6) is 0 Å². The van der Waals surface area contributed by atoms with Gasteiger partial charge in [0, 0.05) is 53.1 Å². The predicted molar refractivity (Wildman–Crippen MR) is 136 cm³/mol. The van der Waals surface area contributed by atoms with Gasteiger partial charge in [-0.2, -0.15) is 9.97 Å². The van der Waals surface area contributed by atoms with Gasteiger partial charge in [-0.25, -0.2) is 4.98 Å². The van der Waals surface area contributed by atoms with Gasteiger partial charge in [0.05, 0.1) is 35.8 Å². The maximum atomic E-state index is 12.5. The highest BCUT2D eigenvalue weighted by Crippen LogP contribution is 2.37. The van der Waals surface area contributed by atoms with Crippen LogP contribution in [0.25, 0.3) is 10.8 Å². The summed E-state index contributed by atoms with van der Waals surface area (Å²) in [5.41, 5.74) is 4.35. The highest BCUT2D eigenvalue weighted by molar-refractivity contribution is 7.90. The van der Waals surface area contributed by atoms with E-state index in [1.807, 2.05) is 24.7 Å². The molecule has 0 bridgehead atoms. The summed E-state index contributed by atoms with van der Waals surface area (Å²) in [6.45, 7) is 5.23. The molecule has 0 aliphatic carbocycles. The van der Waals surface area contributed by atoms with Crippen molar-refractivity contribution in [2.75, 3.05) is 22.6 Å². The molecule has 9 heteroatoms. The van der Waals surface area contributed by atoms with E-state index in [-0.39, 0.29) is 6.04 Å². The highest BCUT2D eigenvalue weighted by Gasteiger charge is 2.32. The lowest BCUT2D eigenvalue weighted by Crippen LogP contribution is -2.43. The fourth-order valence-electron chi connectivity index (χ4n) is 5.14. The van der Waals surface area contributed by atoms with Gasteiger partial charge in [0.1, 0.15) is 12.1 Å². The van der Waals surface area contributed by atoms with Crippen molar-refractivity contribution in [3.05, 3.63) is 70.9 Å². The Labute approximate surface area is 206 Å². The second-order valence-electron chi connectivity index (χ2n) is 9.01. The normalized spacial score (nSPS) is 18.6. The zero-order chi connectivity index (χ0) is 23.4. The molecule has 174 valence electrons. The van der Waals surface area contributed by atoms with Crippen LogP contribution in [0.1, 0.15) is 23.9 Å². The molecular weight excluding hydrogens is 468 g/mol. The summed E-state index contributed by atoms with van der Waals surface area (Å²) in [6, 6.07) is 12.5. The number of hydrogen-bond acceptors (Lipinski definition) is 6. The number of aromatic nitrogens is 4. The fraction of sp³-hybridized carbons (Fsp3) is 0.320. The Morgan fingerprint density at radius 1 is 1.12 bits per heavy atom. The average molecular weight is 493 g/mol. The molecule has 2 aromatic carbocycles. The lowest BCUT2D eigenvalue weighted by Gasteiger charge is -2.38. The Bertz CT molecular complexity index is 1380. The van der Waals surface area contributed by atoms with Crippen LogP contribution in [0.15, 0.2) is 54.1 Å². The summed E-state index contributed by atoms with van der Waals surface area (Å²) in [6.07, 6.45) is 6.26. The van der Waals surface area contributed by atoms with Crippen molar-refractivity contribution in [2.45, 2.75) is 44.2 Å². The molecule has 0 N–H and O–H groups in total. The van der Waals surface area contributed by atoms with E-state index in [1.165, 1.54) is 0 Å². The van der Waals surface area contributed by atoms with Crippen LogP contribution in [0.4, 0.5) is 11.5 Å². The number of imidazole rings is 1. The number of halogens is 1. The van der Waals surface area contributed by atoms with Crippen molar-refractivity contribution < 1.29 is 4.55 Å². The van der Waals surface area contributed by atoms with Crippen LogP contribution >= 0.6 is 11.6 Å². The summed E-state index contributed by atoms with van der Waals surface area (Å²) in [4.78, 5) is 18.6. The van der Waals surface area contributed by atoms with E-state index >= 15 is 0 Å². The molecule has 6 rings (SSSR count). The molecule has 2 unspecified atom stereocenters. The first-order chi connectivity index (χ1) is 16.5. The minimum atomic E-state index is -1.28. The van der Waals surface area contributed by atoms with Crippen molar-refractivity contribution >= 4 is 45.1 Å². The smallest absolute Gasteiger partial charge is 0.344 e. The van der Waals surface area contributed by atoms with Gasteiger partial charge in [-0.1, -0.05) is 35.9 Å². The Balaban J connectivity index is 1.42. The van der Waals surface area contributed by atoms with Gasteiger partial charge in [0.2, 0.25) is 0 Å². The molecule has 0 radical (unpaired) electrons. The second kappa shape index (κ2) is 8.45. The minimum Gasteiger partial charge on any atom is -0.609 e. The highest BCUT2D eigenvalue weighted by atomic mass is 35.5. The van der Waals surface area contributed by atoms with Crippen molar-refractivity contribution in [1.29, 1.82) is 0 Å². The number of anilines is 2. The van der Waals surface area contributed by atoms with Crippen molar-refractivity contribution in [2.24, 2.45) is 0 Å². The lowest BCUT2D eigenvalue weighted by atomic mass is 10.0. The van der Waals surface area contributed by atoms with Gasteiger partial charge >= 0.3 is 5.16 Å². The molecule has 0 amide bonds. The zero-order valence-electron chi connectivity index (χ0n) is 19.1. The van der Waals surface area contributed by atoms with Crippen LogP contribution in [0.2, 0.25) is 5.02 Å². The first kappa shape index (κ1) is 21.7. The molecular formula is C25H25ClN6OS. The molecule has 2 atom stereocenters. The van der Waals surface area contributed by atoms with E-state index in [0.717, 1.165) is 70.3 Å². The van der Waals surface area contributed by atoms with E-state index in [2.05, 4.69) is 50.5 Å². The summed E-state index contributed by atoms with van der Waals surface area (Å²) in [5.74, 6) is 0.908. The third-order valence-corrected chi connectivity index (χ3v) is 7.86. The maximum absolute atomic E-state index is 12.5. The van der Waals surface area contributed by atoms with E-state index < -0.39 is 11.2 Å². The molecule has 2 aliphatic heterocycles. The van der Waals surface area contributed by atoms with Crippen LogP contribution < -0.4 is 9.80 Å². The van der Waals surface area contributed by atoms with Crippen molar-refractivity contribution in [3.8, 4) is 0 Å².